The summed E-state index contributed by atoms with van der Waals surface area (Å²) >= 11 is 0. The maximum atomic E-state index is 12.3. The molecule has 1 fully saturated rings. The number of fused-ring (bicyclic) bond motifs is 1. The van der Waals surface area contributed by atoms with Gasteiger partial charge in [-0.3, -0.25) is 9.59 Å². The summed E-state index contributed by atoms with van der Waals surface area (Å²) in [6.07, 6.45) is 2.05. The van der Waals surface area contributed by atoms with E-state index >= 15 is 0 Å². The Balaban J connectivity index is 1.68. The standard InChI is InChI=1S/C15H19N3O3/c1-9(14(19)18-10-5-6-10)17-15(20)11-3-2-4-12-13(11)21-8-7-16-12/h2-4,9-10,16H,5-8H2,1H3,(H,17,20)(H,18,19). The van der Waals surface area contributed by atoms with Crippen LogP contribution in [0.2, 0.25) is 0 Å². The minimum absolute atomic E-state index is 0.144. The highest BCUT2D eigenvalue weighted by Crippen LogP contribution is 2.31. The summed E-state index contributed by atoms with van der Waals surface area (Å²) in [5.74, 6) is 0.111. The Hall–Kier alpha value is -2.24. The van der Waals surface area contributed by atoms with E-state index in [1.165, 1.54) is 0 Å². The predicted molar refractivity (Wildman–Crippen MR) is 78.5 cm³/mol. The molecule has 1 heterocycles. The molecule has 6 nitrogen and oxygen atoms in total. The summed E-state index contributed by atoms with van der Waals surface area (Å²) < 4.78 is 5.57. The third-order valence-electron chi connectivity index (χ3n) is 3.59. The van der Waals surface area contributed by atoms with Gasteiger partial charge in [-0.1, -0.05) is 6.07 Å². The van der Waals surface area contributed by atoms with E-state index in [0.29, 0.717) is 17.9 Å². The van der Waals surface area contributed by atoms with Gasteiger partial charge in [-0.15, -0.1) is 0 Å². The van der Waals surface area contributed by atoms with E-state index in [0.717, 1.165) is 25.1 Å². The van der Waals surface area contributed by atoms with Crippen molar-refractivity contribution in [3.8, 4) is 5.75 Å². The Morgan fingerprint density at radius 2 is 2.19 bits per heavy atom. The smallest absolute Gasteiger partial charge is 0.255 e. The molecule has 1 aliphatic carbocycles. The van der Waals surface area contributed by atoms with Crippen molar-refractivity contribution in [1.82, 2.24) is 10.6 Å². The van der Waals surface area contributed by atoms with Gasteiger partial charge in [-0.25, -0.2) is 0 Å². The van der Waals surface area contributed by atoms with Crippen LogP contribution in [-0.4, -0.2) is 37.0 Å². The summed E-state index contributed by atoms with van der Waals surface area (Å²) in [6, 6.07) is 5.09. The Morgan fingerprint density at radius 3 is 2.95 bits per heavy atom. The number of nitrogens with one attached hydrogen (secondary N) is 3. The number of benzene rings is 1. The van der Waals surface area contributed by atoms with E-state index in [4.69, 9.17) is 4.74 Å². The second kappa shape index (κ2) is 5.63. The summed E-state index contributed by atoms with van der Waals surface area (Å²) in [5, 5.41) is 8.78. The van der Waals surface area contributed by atoms with Gasteiger partial charge in [0.25, 0.3) is 5.91 Å². The van der Waals surface area contributed by atoms with Crippen molar-refractivity contribution in [3.63, 3.8) is 0 Å². The summed E-state index contributed by atoms with van der Waals surface area (Å²) in [6.45, 7) is 2.93. The van der Waals surface area contributed by atoms with Crippen LogP contribution in [0.1, 0.15) is 30.1 Å². The molecule has 3 N–H and O–H groups in total. The fourth-order valence-corrected chi connectivity index (χ4v) is 2.24. The lowest BCUT2D eigenvalue weighted by atomic mass is 10.1. The highest BCUT2D eigenvalue weighted by atomic mass is 16.5. The first-order chi connectivity index (χ1) is 10.1. The van der Waals surface area contributed by atoms with E-state index < -0.39 is 6.04 Å². The zero-order valence-corrected chi connectivity index (χ0v) is 11.9. The monoisotopic (exact) mass is 289 g/mol. The van der Waals surface area contributed by atoms with Gasteiger partial charge >= 0.3 is 0 Å². The van der Waals surface area contributed by atoms with Gasteiger partial charge in [0.05, 0.1) is 11.3 Å². The van der Waals surface area contributed by atoms with Crippen molar-refractivity contribution >= 4 is 17.5 Å². The Morgan fingerprint density at radius 1 is 1.38 bits per heavy atom. The minimum Gasteiger partial charge on any atom is -0.489 e. The fourth-order valence-electron chi connectivity index (χ4n) is 2.24. The molecular weight excluding hydrogens is 270 g/mol. The predicted octanol–water partition coefficient (Wildman–Crippen LogP) is 0.888. The van der Waals surface area contributed by atoms with Crippen LogP contribution in [0.15, 0.2) is 18.2 Å². The first-order valence-corrected chi connectivity index (χ1v) is 7.26. The van der Waals surface area contributed by atoms with E-state index in [1.54, 1.807) is 19.1 Å². The third kappa shape index (κ3) is 3.09. The van der Waals surface area contributed by atoms with Crippen molar-refractivity contribution in [2.45, 2.75) is 31.8 Å². The average molecular weight is 289 g/mol. The molecule has 1 aliphatic heterocycles. The number of rotatable bonds is 4. The Kier molecular flexibility index (Phi) is 3.68. The molecule has 6 heteroatoms. The van der Waals surface area contributed by atoms with Crippen LogP contribution in [0.25, 0.3) is 0 Å². The maximum absolute atomic E-state index is 12.3. The molecule has 2 aliphatic rings. The van der Waals surface area contributed by atoms with Gasteiger partial charge in [0.15, 0.2) is 5.75 Å². The van der Waals surface area contributed by atoms with E-state index in [1.807, 2.05) is 6.07 Å². The van der Waals surface area contributed by atoms with E-state index in [9.17, 15) is 9.59 Å². The normalized spacial score (nSPS) is 17.8. The topological polar surface area (TPSA) is 79.5 Å². The molecule has 1 aromatic rings. The fraction of sp³-hybridized carbons (Fsp3) is 0.467. The van der Waals surface area contributed by atoms with Crippen LogP contribution in [0.5, 0.6) is 5.75 Å². The van der Waals surface area contributed by atoms with Crippen LogP contribution in [0, 0.1) is 0 Å². The van der Waals surface area contributed by atoms with Gasteiger partial charge in [0, 0.05) is 12.6 Å². The van der Waals surface area contributed by atoms with Crippen molar-refractivity contribution in [2.24, 2.45) is 0 Å². The molecule has 1 atom stereocenters. The van der Waals surface area contributed by atoms with Gasteiger partial charge in [-0.2, -0.15) is 0 Å². The first-order valence-electron chi connectivity index (χ1n) is 7.26. The Bertz CT molecular complexity index is 569. The zero-order chi connectivity index (χ0) is 14.8. The average Bonchev–Trinajstić information content (AvgIpc) is 3.30. The number of carbonyl (C=O) groups is 2. The van der Waals surface area contributed by atoms with Crippen LogP contribution in [0.3, 0.4) is 0 Å². The molecular formula is C15H19N3O3. The molecule has 2 amide bonds. The minimum atomic E-state index is -0.564. The molecule has 112 valence electrons. The summed E-state index contributed by atoms with van der Waals surface area (Å²) in [5.41, 5.74) is 1.26. The van der Waals surface area contributed by atoms with Crippen molar-refractivity contribution in [2.75, 3.05) is 18.5 Å². The molecule has 1 unspecified atom stereocenters. The largest absolute Gasteiger partial charge is 0.489 e. The van der Waals surface area contributed by atoms with Crippen LogP contribution in [0.4, 0.5) is 5.69 Å². The van der Waals surface area contributed by atoms with E-state index in [2.05, 4.69) is 16.0 Å². The summed E-state index contributed by atoms with van der Waals surface area (Å²) in [4.78, 5) is 24.2. The molecule has 0 spiro atoms. The van der Waals surface area contributed by atoms with Gasteiger partial charge < -0.3 is 20.7 Å². The van der Waals surface area contributed by atoms with E-state index in [-0.39, 0.29) is 17.9 Å². The number of hydrogen-bond acceptors (Lipinski definition) is 4. The molecule has 1 saturated carbocycles. The van der Waals surface area contributed by atoms with Crippen LogP contribution < -0.4 is 20.7 Å². The molecule has 3 rings (SSSR count). The quantitative estimate of drug-likeness (QED) is 0.769. The number of anilines is 1. The second-order valence-electron chi connectivity index (χ2n) is 5.44. The molecule has 1 aromatic carbocycles. The molecule has 0 radical (unpaired) electrons. The SMILES string of the molecule is CC(NC(=O)c1cccc2c1OCCN2)C(=O)NC1CC1. The number of hydrogen-bond donors (Lipinski definition) is 3. The molecule has 21 heavy (non-hydrogen) atoms. The number of carbonyl (C=O) groups excluding carboxylic acids is 2. The van der Waals surface area contributed by atoms with Crippen molar-refractivity contribution in [3.05, 3.63) is 23.8 Å². The van der Waals surface area contributed by atoms with Crippen molar-refractivity contribution in [1.29, 1.82) is 0 Å². The lowest BCUT2D eigenvalue weighted by Gasteiger charge is -2.22. The second-order valence-corrected chi connectivity index (χ2v) is 5.44. The Labute approximate surface area is 123 Å². The number of amides is 2. The lowest BCUT2D eigenvalue weighted by molar-refractivity contribution is -0.122. The van der Waals surface area contributed by atoms with Crippen molar-refractivity contribution < 1.29 is 14.3 Å². The highest BCUT2D eigenvalue weighted by molar-refractivity contribution is 6.01. The van der Waals surface area contributed by atoms with Crippen LogP contribution in [-0.2, 0) is 4.79 Å². The van der Waals surface area contributed by atoms with Gasteiger partial charge in [-0.05, 0) is 31.9 Å². The third-order valence-corrected chi connectivity index (χ3v) is 3.59. The molecule has 0 aromatic heterocycles. The lowest BCUT2D eigenvalue weighted by Crippen LogP contribution is -2.45. The number of para-hydroxylation sites is 1. The highest BCUT2D eigenvalue weighted by Gasteiger charge is 2.27. The first kappa shape index (κ1) is 13.7. The molecule has 0 saturated heterocycles. The summed E-state index contributed by atoms with van der Waals surface area (Å²) in [7, 11) is 0. The van der Waals surface area contributed by atoms with Gasteiger partial charge in [0.1, 0.15) is 12.6 Å². The number of ether oxygens (including phenoxy) is 1. The molecule has 0 bridgehead atoms. The van der Waals surface area contributed by atoms with Crippen LogP contribution >= 0.6 is 0 Å². The maximum Gasteiger partial charge on any atom is 0.255 e. The van der Waals surface area contributed by atoms with Gasteiger partial charge in [0.2, 0.25) is 5.91 Å². The zero-order valence-electron chi connectivity index (χ0n) is 11.9.